The maximum absolute atomic E-state index is 10.4. The van der Waals surface area contributed by atoms with Crippen molar-refractivity contribution in [1.29, 1.82) is 0 Å². The van der Waals surface area contributed by atoms with Gasteiger partial charge in [-0.1, -0.05) is 84.1 Å². The average Bonchev–Trinajstić information content (AvgIpc) is 3.01. The summed E-state index contributed by atoms with van der Waals surface area (Å²) in [5.41, 5.74) is 3.72. The SMILES string of the molecule is CC(C)CCC[C@@H](C)C1CCC2/C(=C/C=C3/C[C@@H](C)[C@@H](C)[C@H](O)C3)CCC[C@@]21C. The third-order valence-electron chi connectivity index (χ3n) is 9.26. The molecule has 3 aliphatic carbocycles. The van der Waals surface area contributed by atoms with Crippen molar-refractivity contribution >= 4 is 0 Å². The number of hydrogen-bond acceptors (Lipinski definition) is 1. The first-order valence-electron chi connectivity index (χ1n) is 12.8. The summed E-state index contributed by atoms with van der Waals surface area (Å²) in [6.07, 6.45) is 18.0. The van der Waals surface area contributed by atoms with Gasteiger partial charge in [0.25, 0.3) is 0 Å². The van der Waals surface area contributed by atoms with E-state index in [4.69, 9.17) is 0 Å². The van der Waals surface area contributed by atoms with Crippen molar-refractivity contribution in [2.75, 3.05) is 0 Å². The summed E-state index contributed by atoms with van der Waals surface area (Å²) >= 11 is 0. The smallest absolute Gasteiger partial charge is 0.0605 e. The van der Waals surface area contributed by atoms with E-state index in [2.05, 4.69) is 53.7 Å². The van der Waals surface area contributed by atoms with E-state index in [-0.39, 0.29) is 6.10 Å². The van der Waals surface area contributed by atoms with Gasteiger partial charge >= 0.3 is 0 Å². The van der Waals surface area contributed by atoms with Gasteiger partial charge in [0.1, 0.15) is 0 Å². The van der Waals surface area contributed by atoms with E-state index in [1.165, 1.54) is 63.4 Å². The zero-order valence-electron chi connectivity index (χ0n) is 20.2. The second-order valence-corrected chi connectivity index (χ2v) is 11.8. The first kappa shape index (κ1) is 23.1. The number of allylic oxidation sites excluding steroid dienone is 3. The highest BCUT2D eigenvalue weighted by Gasteiger charge is 2.50. The molecule has 1 N–H and O–H groups in total. The molecule has 0 amide bonds. The van der Waals surface area contributed by atoms with Crippen LogP contribution in [0.15, 0.2) is 23.3 Å². The van der Waals surface area contributed by atoms with Gasteiger partial charge in [0.15, 0.2) is 0 Å². The summed E-state index contributed by atoms with van der Waals surface area (Å²) in [7, 11) is 0. The first-order chi connectivity index (χ1) is 13.7. The van der Waals surface area contributed by atoms with Crippen molar-refractivity contribution in [3.63, 3.8) is 0 Å². The second-order valence-electron chi connectivity index (χ2n) is 11.8. The summed E-state index contributed by atoms with van der Waals surface area (Å²) in [5.74, 6) is 4.46. The Morgan fingerprint density at radius 1 is 1.07 bits per heavy atom. The number of rotatable bonds is 6. The van der Waals surface area contributed by atoms with Crippen molar-refractivity contribution in [1.82, 2.24) is 0 Å². The molecule has 0 saturated heterocycles. The fourth-order valence-electron chi connectivity index (χ4n) is 7.14. The maximum atomic E-state index is 10.4. The molecule has 3 aliphatic rings. The van der Waals surface area contributed by atoms with E-state index in [1.807, 2.05) is 0 Å². The predicted molar refractivity (Wildman–Crippen MR) is 126 cm³/mol. The minimum Gasteiger partial charge on any atom is -0.393 e. The minimum absolute atomic E-state index is 0.150. The number of fused-ring (bicyclic) bond motifs is 1. The van der Waals surface area contributed by atoms with Crippen LogP contribution >= 0.6 is 0 Å². The van der Waals surface area contributed by atoms with Crippen LogP contribution in [0.1, 0.15) is 106 Å². The van der Waals surface area contributed by atoms with Crippen molar-refractivity contribution < 1.29 is 5.11 Å². The zero-order chi connectivity index (χ0) is 21.2. The lowest BCUT2D eigenvalue weighted by Gasteiger charge is -2.44. The lowest BCUT2D eigenvalue weighted by atomic mass is 9.60. The van der Waals surface area contributed by atoms with Gasteiger partial charge in [0.05, 0.1) is 6.10 Å². The maximum Gasteiger partial charge on any atom is 0.0605 e. The van der Waals surface area contributed by atoms with Gasteiger partial charge in [-0.2, -0.15) is 0 Å². The van der Waals surface area contributed by atoms with Crippen molar-refractivity contribution in [2.24, 2.45) is 40.9 Å². The van der Waals surface area contributed by atoms with Crippen LogP contribution in [-0.2, 0) is 0 Å². The number of hydrogen-bond donors (Lipinski definition) is 1. The van der Waals surface area contributed by atoms with Crippen LogP contribution in [0, 0.1) is 40.9 Å². The molecule has 1 heteroatoms. The molecule has 7 atom stereocenters. The van der Waals surface area contributed by atoms with E-state index in [0.717, 1.165) is 30.1 Å². The molecule has 1 nitrogen and oxygen atoms in total. The fraction of sp³-hybridized carbons (Fsp3) is 0.857. The highest BCUT2D eigenvalue weighted by molar-refractivity contribution is 5.26. The molecular weight excluding hydrogens is 352 g/mol. The van der Waals surface area contributed by atoms with Crippen LogP contribution in [0.25, 0.3) is 0 Å². The molecular formula is C28H48O. The van der Waals surface area contributed by atoms with Gasteiger partial charge < -0.3 is 5.11 Å². The molecule has 2 unspecified atom stereocenters. The summed E-state index contributed by atoms with van der Waals surface area (Å²) < 4.78 is 0. The molecule has 0 aromatic carbocycles. The normalized spacial score (nSPS) is 41.9. The van der Waals surface area contributed by atoms with E-state index in [0.29, 0.717) is 17.3 Å². The van der Waals surface area contributed by atoms with Gasteiger partial charge in [-0.25, -0.2) is 0 Å². The van der Waals surface area contributed by atoms with E-state index < -0.39 is 0 Å². The van der Waals surface area contributed by atoms with Gasteiger partial charge in [-0.15, -0.1) is 0 Å². The Morgan fingerprint density at radius 3 is 2.52 bits per heavy atom. The standard InChI is InChI=1S/C28H48O/c1-19(2)9-7-10-20(3)25-14-15-26-24(11-8-16-28(25,26)6)13-12-23-17-21(4)22(5)27(29)18-23/h12-13,19-22,25-27,29H,7-11,14-18H2,1-6H3/b23-12-,24-13+/t20-,21-,22-,25?,26?,27-,28-/m1/s1. The van der Waals surface area contributed by atoms with Gasteiger partial charge in [-0.05, 0) is 85.9 Å². The first-order valence-corrected chi connectivity index (χ1v) is 12.8. The van der Waals surface area contributed by atoms with Crippen LogP contribution in [0.2, 0.25) is 0 Å². The lowest BCUT2D eigenvalue weighted by molar-refractivity contribution is 0.0690. The predicted octanol–water partition coefficient (Wildman–Crippen LogP) is 7.94. The van der Waals surface area contributed by atoms with Gasteiger partial charge in [0.2, 0.25) is 0 Å². The average molecular weight is 401 g/mol. The molecule has 0 bridgehead atoms. The third kappa shape index (κ3) is 5.20. The Labute approximate surface area is 181 Å². The fourth-order valence-corrected chi connectivity index (χ4v) is 7.14. The topological polar surface area (TPSA) is 20.2 Å². The molecule has 0 radical (unpaired) electrons. The van der Waals surface area contributed by atoms with Crippen LogP contribution in [0.4, 0.5) is 0 Å². The molecule has 0 aromatic heterocycles. The molecule has 3 fully saturated rings. The van der Waals surface area contributed by atoms with E-state index >= 15 is 0 Å². The van der Waals surface area contributed by atoms with E-state index in [1.54, 1.807) is 5.57 Å². The van der Waals surface area contributed by atoms with Crippen LogP contribution in [0.3, 0.4) is 0 Å². The Hall–Kier alpha value is -0.560. The van der Waals surface area contributed by atoms with Crippen LogP contribution < -0.4 is 0 Å². The molecule has 0 spiro atoms. The molecule has 3 rings (SSSR count). The molecule has 29 heavy (non-hydrogen) atoms. The number of aliphatic hydroxyl groups excluding tert-OH is 1. The van der Waals surface area contributed by atoms with Gasteiger partial charge in [-0.3, -0.25) is 0 Å². The Kier molecular flexibility index (Phi) is 7.74. The minimum atomic E-state index is -0.150. The van der Waals surface area contributed by atoms with Crippen molar-refractivity contribution in [2.45, 2.75) is 112 Å². The lowest BCUT2D eigenvalue weighted by Crippen LogP contribution is -2.36. The zero-order valence-corrected chi connectivity index (χ0v) is 20.2. The summed E-state index contributed by atoms with van der Waals surface area (Å²) in [6.45, 7) is 14.4. The van der Waals surface area contributed by atoms with Gasteiger partial charge in [0, 0.05) is 0 Å². The highest BCUT2D eigenvalue weighted by atomic mass is 16.3. The second kappa shape index (κ2) is 9.71. The summed E-state index contributed by atoms with van der Waals surface area (Å²) in [6, 6.07) is 0. The Bertz CT molecular complexity index is 585. The van der Waals surface area contributed by atoms with Crippen molar-refractivity contribution in [3.8, 4) is 0 Å². The Balaban J connectivity index is 1.68. The number of aliphatic hydroxyl groups is 1. The summed E-state index contributed by atoms with van der Waals surface area (Å²) in [4.78, 5) is 0. The Morgan fingerprint density at radius 2 is 1.83 bits per heavy atom. The molecule has 3 saturated carbocycles. The molecule has 0 heterocycles. The largest absolute Gasteiger partial charge is 0.393 e. The monoisotopic (exact) mass is 400 g/mol. The quantitative estimate of drug-likeness (QED) is 0.479. The molecule has 166 valence electrons. The molecule has 0 aromatic rings. The molecule has 0 aliphatic heterocycles. The van der Waals surface area contributed by atoms with Crippen LogP contribution in [-0.4, -0.2) is 11.2 Å². The van der Waals surface area contributed by atoms with Crippen molar-refractivity contribution in [3.05, 3.63) is 23.3 Å². The third-order valence-corrected chi connectivity index (χ3v) is 9.26. The summed E-state index contributed by atoms with van der Waals surface area (Å²) in [5, 5.41) is 10.4. The van der Waals surface area contributed by atoms with E-state index in [9.17, 15) is 5.11 Å². The highest BCUT2D eigenvalue weighted by Crippen LogP contribution is 2.60. The van der Waals surface area contributed by atoms with Crippen LogP contribution in [0.5, 0.6) is 0 Å².